The van der Waals surface area contributed by atoms with E-state index in [0.717, 1.165) is 12.0 Å². The van der Waals surface area contributed by atoms with E-state index >= 15 is 0 Å². The minimum Gasteiger partial charge on any atom is -0.459 e. The van der Waals surface area contributed by atoms with Crippen molar-refractivity contribution >= 4 is 5.97 Å². The lowest BCUT2D eigenvalue weighted by Gasteiger charge is -2.38. The summed E-state index contributed by atoms with van der Waals surface area (Å²) in [5, 5.41) is 29.2. The van der Waals surface area contributed by atoms with Crippen LogP contribution in [-0.4, -0.2) is 58.4 Å². The number of esters is 1. The second kappa shape index (κ2) is 7.19. The SMILES string of the molecule is CCc1ccc(C(=O)OCC2OC(C)C(O)C(O)C2O)cc1. The fraction of sp³-hybridized carbons (Fsp3) is 0.562. The lowest BCUT2D eigenvalue weighted by molar-refractivity contribution is -0.224. The van der Waals surface area contributed by atoms with Gasteiger partial charge in [0.2, 0.25) is 0 Å². The first-order chi connectivity index (χ1) is 10.4. The molecule has 1 fully saturated rings. The van der Waals surface area contributed by atoms with Crippen LogP contribution in [0.25, 0.3) is 0 Å². The molecule has 1 aliphatic heterocycles. The molecule has 5 unspecified atom stereocenters. The van der Waals surface area contributed by atoms with Crippen molar-refractivity contribution in [2.45, 2.75) is 50.8 Å². The van der Waals surface area contributed by atoms with Gasteiger partial charge in [0.05, 0.1) is 11.7 Å². The summed E-state index contributed by atoms with van der Waals surface area (Å²) in [6, 6.07) is 7.07. The summed E-state index contributed by atoms with van der Waals surface area (Å²) in [5.41, 5.74) is 1.53. The van der Waals surface area contributed by atoms with E-state index in [1.165, 1.54) is 0 Å². The van der Waals surface area contributed by atoms with Crippen LogP contribution in [0.15, 0.2) is 24.3 Å². The van der Waals surface area contributed by atoms with Gasteiger partial charge in [0, 0.05) is 0 Å². The van der Waals surface area contributed by atoms with Gasteiger partial charge in [-0.3, -0.25) is 0 Å². The first-order valence-corrected chi connectivity index (χ1v) is 7.39. The van der Waals surface area contributed by atoms with Crippen molar-refractivity contribution in [2.24, 2.45) is 0 Å². The Balaban J connectivity index is 1.92. The van der Waals surface area contributed by atoms with Crippen molar-refractivity contribution in [1.82, 2.24) is 0 Å². The molecular weight excluding hydrogens is 288 g/mol. The Labute approximate surface area is 129 Å². The molecule has 1 aromatic rings. The Morgan fingerprint density at radius 3 is 2.36 bits per heavy atom. The number of hydrogen-bond donors (Lipinski definition) is 3. The molecule has 2 rings (SSSR count). The Bertz CT molecular complexity index is 500. The summed E-state index contributed by atoms with van der Waals surface area (Å²) in [7, 11) is 0. The molecule has 1 heterocycles. The third kappa shape index (κ3) is 3.64. The minimum absolute atomic E-state index is 0.191. The second-order valence-corrected chi connectivity index (χ2v) is 5.50. The fourth-order valence-electron chi connectivity index (χ4n) is 2.39. The van der Waals surface area contributed by atoms with Crippen LogP contribution in [0.2, 0.25) is 0 Å². The maximum Gasteiger partial charge on any atom is 0.338 e. The third-order valence-electron chi connectivity index (χ3n) is 3.93. The average molecular weight is 310 g/mol. The summed E-state index contributed by atoms with van der Waals surface area (Å²) in [4.78, 5) is 11.9. The molecule has 0 saturated carbocycles. The molecule has 5 atom stereocenters. The van der Waals surface area contributed by atoms with Gasteiger partial charge in [-0.25, -0.2) is 4.79 Å². The minimum atomic E-state index is -1.32. The van der Waals surface area contributed by atoms with Crippen molar-refractivity contribution in [3.8, 4) is 0 Å². The van der Waals surface area contributed by atoms with Gasteiger partial charge in [-0.05, 0) is 31.0 Å². The molecule has 6 nitrogen and oxygen atoms in total. The normalized spacial score (nSPS) is 31.8. The van der Waals surface area contributed by atoms with Gasteiger partial charge in [-0.2, -0.15) is 0 Å². The van der Waals surface area contributed by atoms with Crippen molar-refractivity contribution in [1.29, 1.82) is 0 Å². The van der Waals surface area contributed by atoms with E-state index in [9.17, 15) is 20.1 Å². The van der Waals surface area contributed by atoms with Gasteiger partial charge in [0.1, 0.15) is 31.0 Å². The summed E-state index contributed by atoms with van der Waals surface area (Å²) in [5.74, 6) is -0.522. The van der Waals surface area contributed by atoms with Gasteiger partial charge in [0.15, 0.2) is 0 Å². The largest absolute Gasteiger partial charge is 0.459 e. The summed E-state index contributed by atoms with van der Waals surface area (Å²) >= 11 is 0. The van der Waals surface area contributed by atoms with E-state index in [1.807, 2.05) is 19.1 Å². The Morgan fingerprint density at radius 1 is 1.14 bits per heavy atom. The first kappa shape index (κ1) is 16.9. The van der Waals surface area contributed by atoms with E-state index in [2.05, 4.69) is 0 Å². The van der Waals surface area contributed by atoms with Crippen LogP contribution in [0.1, 0.15) is 29.8 Å². The lowest BCUT2D eigenvalue weighted by atomic mass is 9.96. The zero-order valence-electron chi connectivity index (χ0n) is 12.7. The molecule has 3 N–H and O–H groups in total. The molecule has 6 heteroatoms. The molecule has 0 bridgehead atoms. The standard InChI is InChI=1S/C16H22O6/c1-3-10-4-6-11(7-5-10)16(20)21-8-12-14(18)15(19)13(17)9(2)22-12/h4-7,9,12-15,17-19H,3,8H2,1-2H3. The molecule has 0 aromatic heterocycles. The van der Waals surface area contributed by atoms with Crippen LogP contribution in [0.4, 0.5) is 0 Å². The van der Waals surface area contributed by atoms with Crippen LogP contribution in [0, 0.1) is 0 Å². The maximum atomic E-state index is 11.9. The van der Waals surface area contributed by atoms with E-state index in [1.54, 1.807) is 19.1 Å². The second-order valence-electron chi connectivity index (χ2n) is 5.50. The predicted octanol–water partition coefficient (Wildman–Crippen LogP) is 0.276. The highest BCUT2D eigenvalue weighted by Crippen LogP contribution is 2.21. The number of aryl methyl sites for hydroxylation is 1. The van der Waals surface area contributed by atoms with Crippen LogP contribution in [0.3, 0.4) is 0 Å². The van der Waals surface area contributed by atoms with Crippen molar-refractivity contribution in [3.63, 3.8) is 0 Å². The van der Waals surface area contributed by atoms with Gasteiger partial charge in [0.25, 0.3) is 0 Å². The number of carbonyl (C=O) groups is 1. The number of benzene rings is 1. The lowest BCUT2D eigenvalue weighted by Crippen LogP contribution is -2.57. The highest BCUT2D eigenvalue weighted by atomic mass is 16.6. The zero-order chi connectivity index (χ0) is 16.3. The van der Waals surface area contributed by atoms with Gasteiger partial charge in [-0.1, -0.05) is 19.1 Å². The first-order valence-electron chi connectivity index (χ1n) is 7.39. The number of rotatable bonds is 4. The molecular formula is C16H22O6. The highest BCUT2D eigenvalue weighted by molar-refractivity contribution is 5.89. The molecule has 0 spiro atoms. The van der Waals surface area contributed by atoms with Crippen LogP contribution < -0.4 is 0 Å². The van der Waals surface area contributed by atoms with E-state index in [0.29, 0.717) is 5.56 Å². The van der Waals surface area contributed by atoms with E-state index in [-0.39, 0.29) is 6.61 Å². The maximum absolute atomic E-state index is 11.9. The van der Waals surface area contributed by atoms with Crippen molar-refractivity contribution in [3.05, 3.63) is 35.4 Å². The van der Waals surface area contributed by atoms with Crippen molar-refractivity contribution < 1.29 is 29.6 Å². The van der Waals surface area contributed by atoms with Gasteiger partial charge < -0.3 is 24.8 Å². The molecule has 0 aliphatic carbocycles. The molecule has 122 valence electrons. The predicted molar refractivity (Wildman–Crippen MR) is 78.5 cm³/mol. The summed E-state index contributed by atoms with van der Waals surface area (Å²) < 4.78 is 10.5. The zero-order valence-corrected chi connectivity index (χ0v) is 12.7. The smallest absolute Gasteiger partial charge is 0.338 e. The number of carbonyl (C=O) groups excluding carboxylic acids is 1. The highest BCUT2D eigenvalue weighted by Gasteiger charge is 2.42. The molecule has 22 heavy (non-hydrogen) atoms. The molecule has 0 radical (unpaired) electrons. The van der Waals surface area contributed by atoms with Crippen molar-refractivity contribution in [2.75, 3.05) is 6.61 Å². The molecule has 0 amide bonds. The quantitative estimate of drug-likeness (QED) is 0.691. The van der Waals surface area contributed by atoms with Crippen LogP contribution in [0.5, 0.6) is 0 Å². The summed E-state index contributed by atoms with van der Waals surface area (Å²) in [6.45, 7) is 3.41. The van der Waals surface area contributed by atoms with E-state index in [4.69, 9.17) is 9.47 Å². The molecule has 1 aliphatic rings. The topological polar surface area (TPSA) is 96.2 Å². The molecule has 1 aromatic carbocycles. The monoisotopic (exact) mass is 310 g/mol. The average Bonchev–Trinajstić information content (AvgIpc) is 2.54. The number of ether oxygens (including phenoxy) is 2. The third-order valence-corrected chi connectivity index (χ3v) is 3.93. The van der Waals surface area contributed by atoms with Crippen LogP contribution in [-0.2, 0) is 15.9 Å². The van der Waals surface area contributed by atoms with Crippen LogP contribution >= 0.6 is 0 Å². The molecule has 1 saturated heterocycles. The fourth-order valence-corrected chi connectivity index (χ4v) is 2.39. The number of aliphatic hydroxyl groups is 3. The number of hydrogen-bond acceptors (Lipinski definition) is 6. The van der Waals surface area contributed by atoms with E-state index < -0.39 is 36.5 Å². The number of aliphatic hydroxyl groups excluding tert-OH is 3. The Hall–Kier alpha value is -1.47. The Morgan fingerprint density at radius 2 is 1.77 bits per heavy atom. The van der Waals surface area contributed by atoms with Gasteiger partial charge >= 0.3 is 5.97 Å². The van der Waals surface area contributed by atoms with Gasteiger partial charge in [-0.15, -0.1) is 0 Å². The summed E-state index contributed by atoms with van der Waals surface area (Å²) in [6.07, 6.45) is -4.42. The Kier molecular flexibility index (Phi) is 5.52.